The number of aromatic carboxylic acids is 1. The van der Waals surface area contributed by atoms with E-state index in [1.807, 2.05) is 4.90 Å². The molecule has 0 spiro atoms. The largest absolute Gasteiger partial charge is 0.476 e. The molecule has 7 heteroatoms. The lowest BCUT2D eigenvalue weighted by atomic mass is 9.86. The Bertz CT molecular complexity index is 513. The molecule has 2 rings (SSSR count). The van der Waals surface area contributed by atoms with E-state index in [4.69, 9.17) is 5.11 Å². The third kappa shape index (κ3) is 2.97. The van der Waals surface area contributed by atoms with E-state index in [0.29, 0.717) is 11.8 Å². The van der Waals surface area contributed by atoms with Gasteiger partial charge in [-0.25, -0.2) is 9.48 Å². The average Bonchev–Trinajstić information content (AvgIpc) is 2.82. The summed E-state index contributed by atoms with van der Waals surface area (Å²) in [5.74, 6) is -0.237. The van der Waals surface area contributed by atoms with Crippen molar-refractivity contribution in [3.63, 3.8) is 0 Å². The maximum Gasteiger partial charge on any atom is 0.358 e. The van der Waals surface area contributed by atoms with Crippen molar-refractivity contribution in [2.24, 2.45) is 11.8 Å². The molecule has 1 amide bonds. The number of carboxylic acids is 1. The monoisotopic (exact) mass is 280 g/mol. The Kier molecular flexibility index (Phi) is 4.06. The van der Waals surface area contributed by atoms with Gasteiger partial charge in [0.25, 0.3) is 0 Å². The van der Waals surface area contributed by atoms with Gasteiger partial charge in [-0.2, -0.15) is 0 Å². The first kappa shape index (κ1) is 14.5. The van der Waals surface area contributed by atoms with Crippen molar-refractivity contribution in [1.29, 1.82) is 0 Å². The van der Waals surface area contributed by atoms with Gasteiger partial charge >= 0.3 is 5.97 Å². The molecule has 0 aliphatic carbocycles. The molecule has 2 heterocycles. The molecule has 0 saturated carbocycles. The minimum absolute atomic E-state index is 0.0318. The number of carbonyl (C=O) groups excluding carboxylic acids is 1. The second-order valence-electron chi connectivity index (χ2n) is 5.71. The molecule has 3 unspecified atom stereocenters. The Balaban J connectivity index is 2.04. The maximum absolute atomic E-state index is 12.3. The van der Waals surface area contributed by atoms with Crippen LogP contribution in [0.3, 0.4) is 0 Å². The summed E-state index contributed by atoms with van der Waals surface area (Å²) in [6, 6.07) is 0.196. The minimum atomic E-state index is -1.14. The fourth-order valence-electron chi connectivity index (χ4n) is 2.75. The number of hydrogen-bond acceptors (Lipinski definition) is 4. The average molecular weight is 280 g/mol. The normalized spacial score (nSPS) is 26.6. The highest BCUT2D eigenvalue weighted by molar-refractivity contribution is 5.84. The van der Waals surface area contributed by atoms with Crippen LogP contribution in [0.4, 0.5) is 0 Å². The molecule has 1 fully saturated rings. The van der Waals surface area contributed by atoms with Crippen LogP contribution in [-0.4, -0.2) is 49.5 Å². The van der Waals surface area contributed by atoms with E-state index in [-0.39, 0.29) is 24.2 Å². The Morgan fingerprint density at radius 2 is 2.10 bits per heavy atom. The van der Waals surface area contributed by atoms with Gasteiger partial charge in [0.2, 0.25) is 5.91 Å². The van der Waals surface area contributed by atoms with Crippen LogP contribution in [0.25, 0.3) is 0 Å². The summed E-state index contributed by atoms with van der Waals surface area (Å²) in [7, 11) is 0. The summed E-state index contributed by atoms with van der Waals surface area (Å²) in [5.41, 5.74) is -0.147. The van der Waals surface area contributed by atoms with Crippen molar-refractivity contribution in [3.8, 4) is 0 Å². The third-order valence-corrected chi connectivity index (χ3v) is 3.97. The van der Waals surface area contributed by atoms with E-state index in [1.165, 1.54) is 10.9 Å². The van der Waals surface area contributed by atoms with Crippen LogP contribution in [0.15, 0.2) is 6.20 Å². The molecule has 1 aliphatic heterocycles. The molecule has 1 aromatic rings. The van der Waals surface area contributed by atoms with E-state index < -0.39 is 5.97 Å². The summed E-state index contributed by atoms with van der Waals surface area (Å²) in [4.78, 5) is 24.9. The highest BCUT2D eigenvalue weighted by Gasteiger charge is 2.31. The number of hydrogen-bond donors (Lipinski definition) is 1. The molecule has 3 atom stereocenters. The third-order valence-electron chi connectivity index (χ3n) is 3.97. The van der Waals surface area contributed by atoms with Crippen LogP contribution in [0, 0.1) is 11.8 Å². The van der Waals surface area contributed by atoms with Gasteiger partial charge in [-0.15, -0.1) is 5.10 Å². The number of carboxylic acid groups (broad SMARTS) is 1. The maximum atomic E-state index is 12.3. The van der Waals surface area contributed by atoms with E-state index in [0.717, 1.165) is 13.0 Å². The Labute approximate surface area is 117 Å². The zero-order valence-corrected chi connectivity index (χ0v) is 12.0. The van der Waals surface area contributed by atoms with Crippen LogP contribution in [-0.2, 0) is 11.3 Å². The lowest BCUT2D eigenvalue weighted by molar-refractivity contribution is -0.137. The zero-order valence-electron chi connectivity index (χ0n) is 12.0. The summed E-state index contributed by atoms with van der Waals surface area (Å²) in [6.07, 6.45) is 2.40. The summed E-state index contributed by atoms with van der Waals surface area (Å²) in [6.45, 7) is 7.12. The molecule has 1 saturated heterocycles. The molecule has 110 valence electrons. The predicted molar refractivity (Wildman–Crippen MR) is 71.1 cm³/mol. The first-order valence-corrected chi connectivity index (χ1v) is 6.81. The van der Waals surface area contributed by atoms with Gasteiger partial charge in [-0.1, -0.05) is 19.1 Å². The molecule has 1 aromatic heterocycles. The van der Waals surface area contributed by atoms with Crippen molar-refractivity contribution in [1.82, 2.24) is 19.9 Å². The first-order valence-electron chi connectivity index (χ1n) is 6.81. The molecule has 1 N–H and O–H groups in total. The smallest absolute Gasteiger partial charge is 0.358 e. The molecule has 20 heavy (non-hydrogen) atoms. The number of amides is 1. The molecule has 0 aromatic carbocycles. The number of piperidine rings is 1. The van der Waals surface area contributed by atoms with Crippen LogP contribution in [0.2, 0.25) is 0 Å². The van der Waals surface area contributed by atoms with E-state index in [9.17, 15) is 9.59 Å². The molecular weight excluding hydrogens is 260 g/mol. The minimum Gasteiger partial charge on any atom is -0.476 e. The molecule has 0 radical (unpaired) electrons. The van der Waals surface area contributed by atoms with Crippen molar-refractivity contribution in [2.45, 2.75) is 39.8 Å². The zero-order chi connectivity index (χ0) is 14.9. The predicted octanol–water partition coefficient (Wildman–Crippen LogP) is 0.869. The Morgan fingerprint density at radius 3 is 2.70 bits per heavy atom. The van der Waals surface area contributed by atoms with Crippen molar-refractivity contribution in [2.75, 3.05) is 6.54 Å². The van der Waals surface area contributed by atoms with Gasteiger partial charge in [-0.05, 0) is 25.2 Å². The van der Waals surface area contributed by atoms with Gasteiger partial charge in [0.15, 0.2) is 5.69 Å². The van der Waals surface area contributed by atoms with Crippen molar-refractivity contribution >= 4 is 11.9 Å². The summed E-state index contributed by atoms with van der Waals surface area (Å²) >= 11 is 0. The number of aromatic nitrogens is 3. The number of rotatable bonds is 3. The van der Waals surface area contributed by atoms with Crippen LogP contribution < -0.4 is 0 Å². The fourth-order valence-corrected chi connectivity index (χ4v) is 2.75. The topological polar surface area (TPSA) is 88.3 Å². The molecule has 1 aliphatic rings. The quantitative estimate of drug-likeness (QED) is 0.887. The van der Waals surface area contributed by atoms with E-state index in [2.05, 4.69) is 31.1 Å². The summed E-state index contributed by atoms with van der Waals surface area (Å²) in [5, 5.41) is 16.0. The van der Waals surface area contributed by atoms with Crippen LogP contribution in [0.5, 0.6) is 0 Å². The first-order chi connectivity index (χ1) is 9.38. The van der Waals surface area contributed by atoms with E-state index >= 15 is 0 Å². The van der Waals surface area contributed by atoms with E-state index in [1.54, 1.807) is 0 Å². The van der Waals surface area contributed by atoms with Gasteiger partial charge in [-0.3, -0.25) is 4.79 Å². The van der Waals surface area contributed by atoms with Gasteiger partial charge in [0.05, 0.1) is 6.20 Å². The van der Waals surface area contributed by atoms with Gasteiger partial charge in [0.1, 0.15) is 6.54 Å². The second kappa shape index (κ2) is 5.60. The standard InChI is InChI=1S/C13H20N4O3/c1-8-4-9(2)10(3)17(5-8)12(18)7-16-6-11(13(19)20)14-15-16/h6,8-10H,4-5,7H2,1-3H3,(H,19,20). The molecular formula is C13H20N4O3. The molecule has 7 nitrogen and oxygen atoms in total. The van der Waals surface area contributed by atoms with Gasteiger partial charge in [0, 0.05) is 12.6 Å². The Morgan fingerprint density at radius 1 is 1.40 bits per heavy atom. The Hall–Kier alpha value is -1.92. The SMILES string of the molecule is CC1CC(C)C(C)N(C(=O)Cn2cc(C(=O)O)nn2)C1. The lowest BCUT2D eigenvalue weighted by Gasteiger charge is -2.41. The van der Waals surface area contributed by atoms with Gasteiger partial charge < -0.3 is 10.0 Å². The number of carbonyl (C=O) groups is 2. The summed E-state index contributed by atoms with van der Waals surface area (Å²) < 4.78 is 1.28. The highest BCUT2D eigenvalue weighted by Crippen LogP contribution is 2.26. The van der Waals surface area contributed by atoms with Crippen molar-refractivity contribution in [3.05, 3.63) is 11.9 Å². The molecule has 0 bridgehead atoms. The van der Waals surface area contributed by atoms with Crippen molar-refractivity contribution < 1.29 is 14.7 Å². The van der Waals surface area contributed by atoms with Crippen LogP contribution in [0.1, 0.15) is 37.7 Å². The van der Waals surface area contributed by atoms with Crippen LogP contribution >= 0.6 is 0 Å². The highest BCUT2D eigenvalue weighted by atomic mass is 16.4. The second-order valence-corrected chi connectivity index (χ2v) is 5.71. The number of likely N-dealkylation sites (tertiary alicyclic amines) is 1. The lowest BCUT2D eigenvalue weighted by Crippen LogP contribution is -2.49. The number of nitrogens with zero attached hydrogens (tertiary/aromatic N) is 4. The fraction of sp³-hybridized carbons (Fsp3) is 0.692.